The normalized spacial score (nSPS) is 12.4. The van der Waals surface area contributed by atoms with E-state index in [2.05, 4.69) is 6.92 Å². The first kappa shape index (κ1) is 15.4. The van der Waals surface area contributed by atoms with Crippen LogP contribution in [0, 0.1) is 11.3 Å². The van der Waals surface area contributed by atoms with Gasteiger partial charge in [-0.1, -0.05) is 19.9 Å². The van der Waals surface area contributed by atoms with Crippen molar-refractivity contribution >= 4 is 29.4 Å². The lowest BCUT2D eigenvalue weighted by atomic mass is 10.2. The maximum atomic E-state index is 9.05. The predicted octanol–water partition coefficient (Wildman–Crippen LogP) is 2.80. The molecule has 0 aliphatic rings. The molecule has 0 saturated heterocycles. The minimum Gasteiger partial charge on any atom is -0.396 e. The Morgan fingerprint density at radius 3 is 2.50 bits per heavy atom. The Labute approximate surface area is 117 Å². The van der Waals surface area contributed by atoms with Gasteiger partial charge in [-0.2, -0.15) is 0 Å². The van der Waals surface area contributed by atoms with E-state index in [1.54, 1.807) is 23.5 Å². The zero-order valence-corrected chi connectivity index (χ0v) is 12.4. The van der Waals surface area contributed by atoms with Gasteiger partial charge in [0.05, 0.1) is 0 Å². The molecule has 0 heterocycles. The number of aliphatic hydroxyl groups excluding tert-OH is 1. The molecule has 5 heteroatoms. The van der Waals surface area contributed by atoms with Crippen LogP contribution in [0.5, 0.6) is 0 Å². The van der Waals surface area contributed by atoms with Crippen LogP contribution in [0.2, 0.25) is 0 Å². The SMILES string of the molecule is CCSc1cccc(SCC(C)CO)c1C(=N)N. The maximum absolute atomic E-state index is 9.05. The van der Waals surface area contributed by atoms with E-state index in [1.165, 1.54) is 0 Å². The first-order valence-electron chi connectivity index (χ1n) is 5.94. The molecule has 4 N–H and O–H groups in total. The van der Waals surface area contributed by atoms with Crippen LogP contribution >= 0.6 is 23.5 Å². The van der Waals surface area contributed by atoms with Crippen molar-refractivity contribution in [3.05, 3.63) is 23.8 Å². The Morgan fingerprint density at radius 1 is 1.39 bits per heavy atom. The second-order valence-corrected chi connectivity index (χ2v) is 6.44. The lowest BCUT2D eigenvalue weighted by Gasteiger charge is -2.14. The number of hydrogen-bond donors (Lipinski definition) is 3. The third-order valence-electron chi connectivity index (χ3n) is 2.39. The molecule has 0 radical (unpaired) electrons. The number of nitrogen functional groups attached to an aromatic ring is 1. The van der Waals surface area contributed by atoms with Gasteiger partial charge in [0.15, 0.2) is 0 Å². The van der Waals surface area contributed by atoms with Gasteiger partial charge in [0, 0.05) is 27.7 Å². The van der Waals surface area contributed by atoms with Gasteiger partial charge in [-0.25, -0.2) is 0 Å². The lowest BCUT2D eigenvalue weighted by molar-refractivity contribution is 0.250. The molecular weight excluding hydrogens is 264 g/mol. The fraction of sp³-hybridized carbons (Fsp3) is 0.462. The highest BCUT2D eigenvalue weighted by molar-refractivity contribution is 8.00. The van der Waals surface area contributed by atoms with E-state index < -0.39 is 0 Å². The molecular formula is C13H20N2OS2. The third-order valence-corrected chi connectivity index (χ3v) is 4.72. The maximum Gasteiger partial charge on any atom is 0.125 e. The van der Waals surface area contributed by atoms with Crippen LogP contribution in [0.25, 0.3) is 0 Å². The molecule has 0 aromatic heterocycles. The smallest absolute Gasteiger partial charge is 0.125 e. The molecule has 1 unspecified atom stereocenters. The minimum absolute atomic E-state index is 0.116. The minimum atomic E-state index is 0.116. The highest BCUT2D eigenvalue weighted by atomic mass is 32.2. The summed E-state index contributed by atoms with van der Waals surface area (Å²) < 4.78 is 0. The van der Waals surface area contributed by atoms with E-state index in [4.69, 9.17) is 16.2 Å². The summed E-state index contributed by atoms with van der Waals surface area (Å²) in [5.41, 5.74) is 6.52. The zero-order valence-electron chi connectivity index (χ0n) is 10.8. The predicted molar refractivity (Wildman–Crippen MR) is 80.8 cm³/mol. The molecule has 0 aliphatic carbocycles. The van der Waals surface area contributed by atoms with Crippen LogP contribution < -0.4 is 5.73 Å². The average Bonchev–Trinajstić information content (AvgIpc) is 2.36. The molecule has 1 rings (SSSR count). The lowest BCUT2D eigenvalue weighted by Crippen LogP contribution is -2.14. The first-order valence-corrected chi connectivity index (χ1v) is 7.91. The summed E-state index contributed by atoms with van der Waals surface area (Å²) in [5.74, 6) is 2.15. The Morgan fingerprint density at radius 2 is 2.00 bits per heavy atom. The van der Waals surface area contributed by atoms with Crippen LogP contribution in [0.4, 0.5) is 0 Å². The molecule has 0 amide bonds. The van der Waals surface area contributed by atoms with Crippen molar-refractivity contribution in [3.63, 3.8) is 0 Å². The molecule has 0 aliphatic heterocycles. The number of benzene rings is 1. The molecule has 1 atom stereocenters. The Hall–Kier alpha value is -0.650. The Balaban J connectivity index is 2.95. The molecule has 0 saturated carbocycles. The van der Waals surface area contributed by atoms with Crippen molar-refractivity contribution in [3.8, 4) is 0 Å². The molecule has 18 heavy (non-hydrogen) atoms. The summed E-state index contributed by atoms with van der Waals surface area (Å²) in [7, 11) is 0. The van der Waals surface area contributed by atoms with Gasteiger partial charge in [0.1, 0.15) is 5.84 Å². The van der Waals surface area contributed by atoms with Crippen molar-refractivity contribution in [1.82, 2.24) is 0 Å². The van der Waals surface area contributed by atoms with Gasteiger partial charge in [-0.05, 0) is 23.8 Å². The van der Waals surface area contributed by atoms with E-state index in [-0.39, 0.29) is 18.4 Å². The summed E-state index contributed by atoms with van der Waals surface area (Å²) in [6.45, 7) is 4.28. The number of aliphatic hydroxyl groups is 1. The van der Waals surface area contributed by atoms with Crippen LogP contribution in [-0.2, 0) is 0 Å². The van der Waals surface area contributed by atoms with E-state index in [9.17, 15) is 0 Å². The van der Waals surface area contributed by atoms with Crippen molar-refractivity contribution in [2.24, 2.45) is 11.7 Å². The number of nitrogens with two attached hydrogens (primary N) is 1. The first-order chi connectivity index (χ1) is 8.60. The molecule has 100 valence electrons. The zero-order chi connectivity index (χ0) is 13.5. The number of nitrogens with one attached hydrogen (secondary N) is 1. The average molecular weight is 284 g/mol. The van der Waals surface area contributed by atoms with Gasteiger partial charge in [-0.15, -0.1) is 23.5 Å². The van der Waals surface area contributed by atoms with Crippen LogP contribution in [0.15, 0.2) is 28.0 Å². The molecule has 0 fully saturated rings. The van der Waals surface area contributed by atoms with E-state index in [0.29, 0.717) is 0 Å². The third kappa shape index (κ3) is 4.23. The Bertz CT molecular complexity index is 410. The number of hydrogen-bond acceptors (Lipinski definition) is 4. The van der Waals surface area contributed by atoms with Crippen molar-refractivity contribution < 1.29 is 5.11 Å². The van der Waals surface area contributed by atoms with Crippen LogP contribution in [0.3, 0.4) is 0 Å². The van der Waals surface area contributed by atoms with E-state index in [0.717, 1.165) is 26.9 Å². The van der Waals surface area contributed by atoms with Gasteiger partial charge < -0.3 is 10.8 Å². The monoisotopic (exact) mass is 284 g/mol. The highest BCUT2D eigenvalue weighted by Gasteiger charge is 2.12. The summed E-state index contributed by atoms with van der Waals surface area (Å²) in [6.07, 6.45) is 0. The van der Waals surface area contributed by atoms with Crippen molar-refractivity contribution in [1.29, 1.82) is 5.41 Å². The Kier molecular flexibility index (Phi) is 6.60. The number of rotatable bonds is 7. The molecule has 1 aromatic rings. The summed E-state index contributed by atoms with van der Waals surface area (Å²) in [6, 6.07) is 5.99. The van der Waals surface area contributed by atoms with E-state index >= 15 is 0 Å². The largest absolute Gasteiger partial charge is 0.396 e. The van der Waals surface area contributed by atoms with E-state index in [1.807, 2.05) is 25.1 Å². The molecule has 0 bridgehead atoms. The van der Waals surface area contributed by atoms with Gasteiger partial charge in [-0.3, -0.25) is 5.41 Å². The molecule has 0 spiro atoms. The van der Waals surface area contributed by atoms with Crippen LogP contribution in [0.1, 0.15) is 19.4 Å². The second-order valence-electron chi connectivity index (χ2n) is 4.07. The van der Waals surface area contributed by atoms with Crippen LogP contribution in [-0.4, -0.2) is 29.1 Å². The van der Waals surface area contributed by atoms with Gasteiger partial charge in [0.2, 0.25) is 0 Å². The molecule has 1 aromatic carbocycles. The van der Waals surface area contributed by atoms with Crippen molar-refractivity contribution in [2.45, 2.75) is 23.6 Å². The quantitative estimate of drug-likeness (QED) is 0.409. The van der Waals surface area contributed by atoms with Gasteiger partial charge in [0.25, 0.3) is 0 Å². The van der Waals surface area contributed by atoms with Crippen molar-refractivity contribution in [2.75, 3.05) is 18.1 Å². The second kappa shape index (κ2) is 7.71. The number of amidine groups is 1. The van der Waals surface area contributed by atoms with Gasteiger partial charge >= 0.3 is 0 Å². The highest BCUT2D eigenvalue weighted by Crippen LogP contribution is 2.31. The topological polar surface area (TPSA) is 70.1 Å². The fourth-order valence-corrected chi connectivity index (χ4v) is 3.48. The summed E-state index contributed by atoms with van der Waals surface area (Å²) in [5, 5.41) is 16.8. The summed E-state index contributed by atoms with van der Waals surface area (Å²) in [4.78, 5) is 2.09. The fourth-order valence-electron chi connectivity index (χ4n) is 1.46. The molecule has 3 nitrogen and oxygen atoms in total. The number of thioether (sulfide) groups is 2. The standard InChI is InChI=1S/C13H20N2OS2/c1-3-17-10-5-4-6-11(12(10)13(14)15)18-8-9(2)7-16/h4-6,9,16H,3,7-8H2,1-2H3,(H3,14,15). The summed E-state index contributed by atoms with van der Waals surface area (Å²) >= 11 is 3.35.